The Morgan fingerprint density at radius 3 is 2.81 bits per heavy atom. The van der Waals surface area contributed by atoms with Gasteiger partial charge in [-0.1, -0.05) is 35.7 Å². The Morgan fingerprint density at radius 2 is 2.07 bits per heavy atom. The summed E-state index contributed by atoms with van der Waals surface area (Å²) in [5.41, 5.74) is 3.89. The molecule has 0 spiro atoms. The number of likely N-dealkylation sites (tertiary alicyclic amines) is 1. The van der Waals surface area contributed by atoms with Gasteiger partial charge < -0.3 is 10.1 Å². The van der Waals surface area contributed by atoms with Crippen LogP contribution in [-0.2, 0) is 11.3 Å². The molecule has 5 nitrogen and oxygen atoms in total. The maximum absolute atomic E-state index is 6.34. The predicted molar refractivity (Wildman–Crippen MR) is 116 cm³/mol. The minimum absolute atomic E-state index is 0.236. The molecule has 2 aliphatic heterocycles. The van der Waals surface area contributed by atoms with Crippen molar-refractivity contribution < 1.29 is 4.74 Å². The molecule has 3 rings (SSSR count). The minimum Gasteiger partial charge on any atom is -0.376 e. The summed E-state index contributed by atoms with van der Waals surface area (Å²) < 4.78 is 5.58. The second kappa shape index (κ2) is 10.6. The minimum atomic E-state index is 0.236. The second-order valence-corrected chi connectivity index (χ2v) is 8.19. The number of benzene rings is 1. The van der Waals surface area contributed by atoms with E-state index in [9.17, 15) is 0 Å². The fourth-order valence-electron chi connectivity index (χ4n) is 3.50. The van der Waals surface area contributed by atoms with Gasteiger partial charge in [-0.2, -0.15) is 5.10 Å². The van der Waals surface area contributed by atoms with Crippen LogP contribution in [0.5, 0.6) is 0 Å². The highest BCUT2D eigenvalue weighted by molar-refractivity contribution is 7.80. The first-order valence-electron chi connectivity index (χ1n) is 9.49. The maximum atomic E-state index is 6.34. The Kier molecular flexibility index (Phi) is 8.15. The average molecular weight is 429 g/mol. The van der Waals surface area contributed by atoms with Gasteiger partial charge in [-0.05, 0) is 56.6 Å². The van der Waals surface area contributed by atoms with Crippen LogP contribution < -0.4 is 10.7 Å². The number of hydrogen-bond donors (Lipinski definition) is 2. The molecule has 0 radical (unpaired) electrons. The topological polar surface area (TPSA) is 48.9 Å². The molecule has 2 unspecified atom stereocenters. The summed E-state index contributed by atoms with van der Waals surface area (Å²) in [5, 5.41) is 9.46. The van der Waals surface area contributed by atoms with Gasteiger partial charge in [0.2, 0.25) is 0 Å². The van der Waals surface area contributed by atoms with E-state index in [1.54, 1.807) is 0 Å². The lowest BCUT2D eigenvalue weighted by atomic mass is 10.0. The number of nitrogens with one attached hydrogen (secondary N) is 2. The monoisotopic (exact) mass is 428 g/mol. The molecule has 2 N–H and O–H groups in total. The summed E-state index contributed by atoms with van der Waals surface area (Å²) >= 11 is 18.0. The van der Waals surface area contributed by atoms with Gasteiger partial charge in [0, 0.05) is 47.6 Å². The van der Waals surface area contributed by atoms with Crippen molar-refractivity contribution in [3.63, 3.8) is 0 Å². The summed E-state index contributed by atoms with van der Waals surface area (Å²) in [5.74, 6) is 0. The summed E-state index contributed by atoms with van der Waals surface area (Å²) in [7, 11) is 0. The molecule has 2 aliphatic rings. The SMILES string of the molecule is S=C(NCC1CCCO1)NN=CC1CCCCN1Cc1c(Cl)cccc1Cl. The molecule has 148 valence electrons. The van der Waals surface area contributed by atoms with Crippen molar-refractivity contribution in [2.45, 2.75) is 50.8 Å². The molecule has 2 atom stereocenters. The lowest BCUT2D eigenvalue weighted by Gasteiger charge is -2.33. The molecule has 2 saturated heterocycles. The van der Waals surface area contributed by atoms with Crippen molar-refractivity contribution >= 4 is 46.7 Å². The van der Waals surface area contributed by atoms with E-state index in [0.29, 0.717) is 15.2 Å². The van der Waals surface area contributed by atoms with Crippen molar-refractivity contribution in [2.75, 3.05) is 19.7 Å². The van der Waals surface area contributed by atoms with Crippen molar-refractivity contribution in [1.82, 2.24) is 15.6 Å². The van der Waals surface area contributed by atoms with Gasteiger partial charge >= 0.3 is 0 Å². The lowest BCUT2D eigenvalue weighted by molar-refractivity contribution is 0.114. The van der Waals surface area contributed by atoms with E-state index < -0.39 is 0 Å². The van der Waals surface area contributed by atoms with Crippen LogP contribution in [0.25, 0.3) is 0 Å². The van der Waals surface area contributed by atoms with Crippen LogP contribution in [0.3, 0.4) is 0 Å². The zero-order valence-electron chi connectivity index (χ0n) is 15.3. The van der Waals surface area contributed by atoms with Gasteiger partial charge in [-0.15, -0.1) is 0 Å². The summed E-state index contributed by atoms with van der Waals surface area (Å²) in [6.45, 7) is 3.29. The second-order valence-electron chi connectivity index (χ2n) is 6.97. The number of ether oxygens (including phenoxy) is 1. The number of rotatable bonds is 6. The van der Waals surface area contributed by atoms with Crippen LogP contribution in [0.2, 0.25) is 10.0 Å². The first-order chi connectivity index (χ1) is 13.1. The van der Waals surface area contributed by atoms with E-state index in [-0.39, 0.29) is 12.1 Å². The van der Waals surface area contributed by atoms with E-state index in [1.165, 1.54) is 12.8 Å². The summed E-state index contributed by atoms with van der Waals surface area (Å²) in [6.07, 6.45) is 7.81. The Bertz CT molecular complexity index is 647. The summed E-state index contributed by atoms with van der Waals surface area (Å²) in [4.78, 5) is 2.37. The summed E-state index contributed by atoms with van der Waals surface area (Å²) in [6, 6.07) is 5.88. The highest BCUT2D eigenvalue weighted by atomic mass is 35.5. The molecule has 27 heavy (non-hydrogen) atoms. The fraction of sp³-hybridized carbons (Fsp3) is 0.579. The van der Waals surface area contributed by atoms with E-state index in [2.05, 4.69) is 20.7 Å². The quantitative estimate of drug-likeness (QED) is 0.407. The predicted octanol–water partition coefficient (Wildman–Crippen LogP) is 3.98. The van der Waals surface area contributed by atoms with Gasteiger partial charge in [-0.25, -0.2) is 0 Å². The molecule has 2 fully saturated rings. The van der Waals surface area contributed by atoms with E-state index in [0.717, 1.165) is 51.1 Å². The molecule has 8 heteroatoms. The first-order valence-corrected chi connectivity index (χ1v) is 10.7. The van der Waals surface area contributed by atoms with Crippen LogP contribution in [0.4, 0.5) is 0 Å². The van der Waals surface area contributed by atoms with Gasteiger partial charge in [-0.3, -0.25) is 10.3 Å². The highest BCUT2D eigenvalue weighted by Gasteiger charge is 2.22. The molecular weight excluding hydrogens is 403 g/mol. The molecule has 0 saturated carbocycles. The number of halogens is 2. The van der Waals surface area contributed by atoms with Crippen molar-refractivity contribution in [1.29, 1.82) is 0 Å². The van der Waals surface area contributed by atoms with Crippen LogP contribution in [0.1, 0.15) is 37.7 Å². The van der Waals surface area contributed by atoms with E-state index in [4.69, 9.17) is 40.2 Å². The molecule has 1 aromatic rings. The Labute approximate surface area is 176 Å². The maximum Gasteiger partial charge on any atom is 0.187 e. The average Bonchev–Trinajstić information content (AvgIpc) is 3.18. The Balaban J connectivity index is 1.50. The molecule has 1 aromatic carbocycles. The Hall–Kier alpha value is -0.920. The fourth-order valence-corrected chi connectivity index (χ4v) is 4.15. The van der Waals surface area contributed by atoms with Crippen LogP contribution in [-0.4, -0.2) is 48.1 Å². The third kappa shape index (κ3) is 6.29. The van der Waals surface area contributed by atoms with Gasteiger partial charge in [0.1, 0.15) is 0 Å². The van der Waals surface area contributed by atoms with Gasteiger partial charge in [0.15, 0.2) is 5.11 Å². The van der Waals surface area contributed by atoms with Crippen molar-refractivity contribution in [3.05, 3.63) is 33.8 Å². The first kappa shape index (κ1) is 20.8. The van der Waals surface area contributed by atoms with Crippen molar-refractivity contribution in [2.24, 2.45) is 5.10 Å². The van der Waals surface area contributed by atoms with Crippen LogP contribution in [0.15, 0.2) is 23.3 Å². The lowest BCUT2D eigenvalue weighted by Crippen LogP contribution is -2.41. The van der Waals surface area contributed by atoms with E-state index in [1.807, 2.05) is 24.4 Å². The third-order valence-corrected chi connectivity index (χ3v) is 5.96. The molecule has 0 aliphatic carbocycles. The zero-order valence-corrected chi connectivity index (χ0v) is 17.6. The molecule has 0 amide bonds. The largest absolute Gasteiger partial charge is 0.376 e. The standard InChI is InChI=1S/C19H26Cl2N4OS/c20-17-7-3-8-18(21)16(17)13-25-9-2-1-5-14(25)11-23-24-19(27)22-12-15-6-4-10-26-15/h3,7-8,11,14-15H,1-2,4-6,9-10,12-13H2,(H2,22,24,27). The zero-order chi connectivity index (χ0) is 19.1. The highest BCUT2D eigenvalue weighted by Crippen LogP contribution is 2.28. The number of piperidine rings is 1. The number of nitrogens with zero attached hydrogens (tertiary/aromatic N) is 2. The smallest absolute Gasteiger partial charge is 0.187 e. The third-order valence-electron chi connectivity index (χ3n) is 5.01. The molecule has 0 aromatic heterocycles. The van der Waals surface area contributed by atoms with Gasteiger partial charge in [0.05, 0.1) is 6.10 Å². The number of thiocarbonyl (C=S) groups is 1. The van der Waals surface area contributed by atoms with Gasteiger partial charge in [0.25, 0.3) is 0 Å². The van der Waals surface area contributed by atoms with Crippen LogP contribution in [0, 0.1) is 0 Å². The molecule has 0 bridgehead atoms. The molecule has 2 heterocycles. The van der Waals surface area contributed by atoms with Crippen molar-refractivity contribution in [3.8, 4) is 0 Å². The Morgan fingerprint density at radius 1 is 1.26 bits per heavy atom. The number of hydrogen-bond acceptors (Lipinski definition) is 4. The van der Waals surface area contributed by atoms with Crippen LogP contribution >= 0.6 is 35.4 Å². The number of hydrazone groups is 1. The normalized spacial score (nSPS) is 23.6. The van der Waals surface area contributed by atoms with E-state index >= 15 is 0 Å². The molecular formula is C19H26Cl2N4OS.